The van der Waals surface area contributed by atoms with E-state index in [4.69, 9.17) is 28.4 Å². The van der Waals surface area contributed by atoms with Crippen molar-refractivity contribution < 1.29 is 28.4 Å². The Hall–Kier alpha value is -0.240. The Labute approximate surface area is 160 Å². The molecule has 26 heavy (non-hydrogen) atoms. The van der Waals surface area contributed by atoms with E-state index in [0.717, 1.165) is 19.4 Å². The van der Waals surface area contributed by atoms with Crippen LogP contribution in [0.1, 0.15) is 54.4 Å². The van der Waals surface area contributed by atoms with Gasteiger partial charge < -0.3 is 28.4 Å². The summed E-state index contributed by atoms with van der Waals surface area (Å²) in [6.07, 6.45) is 2.49. The average molecular weight is 379 g/mol. The van der Waals surface area contributed by atoms with Crippen LogP contribution in [0.15, 0.2) is 0 Å². The van der Waals surface area contributed by atoms with Crippen molar-refractivity contribution in [1.82, 2.24) is 0 Å². The molecule has 0 N–H and O–H groups in total. The van der Waals surface area contributed by atoms with Crippen LogP contribution in [0.4, 0.5) is 0 Å². The Morgan fingerprint density at radius 3 is 1.35 bits per heavy atom. The maximum Gasteiger partial charge on any atom is 0.0781 e. The predicted molar refractivity (Wildman–Crippen MR) is 104 cm³/mol. The minimum Gasteiger partial charge on any atom is -0.379 e. The van der Waals surface area contributed by atoms with Gasteiger partial charge in [-0.15, -0.1) is 0 Å². The van der Waals surface area contributed by atoms with Gasteiger partial charge in [0.1, 0.15) is 0 Å². The second kappa shape index (κ2) is 16.9. The zero-order valence-corrected chi connectivity index (χ0v) is 18.0. The van der Waals surface area contributed by atoms with Gasteiger partial charge in [0.25, 0.3) is 0 Å². The normalized spacial score (nSPS) is 17.7. The summed E-state index contributed by atoms with van der Waals surface area (Å²) in [5.74, 6) is 0. The van der Waals surface area contributed by atoms with E-state index in [1.54, 1.807) is 7.11 Å². The Kier molecular flexibility index (Phi) is 16.7. The Morgan fingerprint density at radius 1 is 0.577 bits per heavy atom. The summed E-state index contributed by atoms with van der Waals surface area (Å²) >= 11 is 0. The van der Waals surface area contributed by atoms with Crippen LogP contribution in [0.3, 0.4) is 0 Å². The van der Waals surface area contributed by atoms with Crippen molar-refractivity contribution in [2.24, 2.45) is 0 Å². The lowest BCUT2D eigenvalue weighted by molar-refractivity contribution is -0.0975. The molecule has 5 unspecified atom stereocenters. The Bertz CT molecular complexity index is 302. The van der Waals surface area contributed by atoms with Crippen LogP contribution >= 0.6 is 0 Å². The summed E-state index contributed by atoms with van der Waals surface area (Å²) < 4.78 is 33.7. The molecule has 6 heteroatoms. The van der Waals surface area contributed by atoms with Crippen LogP contribution < -0.4 is 0 Å². The molecule has 0 saturated carbocycles. The topological polar surface area (TPSA) is 55.4 Å². The first-order valence-corrected chi connectivity index (χ1v) is 9.95. The first-order valence-electron chi connectivity index (χ1n) is 9.95. The summed E-state index contributed by atoms with van der Waals surface area (Å²) in [5, 5.41) is 0. The smallest absolute Gasteiger partial charge is 0.0781 e. The lowest BCUT2D eigenvalue weighted by atomic mass is 10.3. The molecule has 0 fully saturated rings. The monoisotopic (exact) mass is 378 g/mol. The highest BCUT2D eigenvalue weighted by Gasteiger charge is 2.12. The van der Waals surface area contributed by atoms with Crippen molar-refractivity contribution in [3.8, 4) is 0 Å². The van der Waals surface area contributed by atoms with E-state index >= 15 is 0 Å². The summed E-state index contributed by atoms with van der Waals surface area (Å²) in [7, 11) is 1.68. The van der Waals surface area contributed by atoms with Crippen molar-refractivity contribution in [2.45, 2.75) is 84.9 Å². The highest BCUT2D eigenvalue weighted by atomic mass is 16.6. The molecule has 158 valence electrons. The lowest BCUT2D eigenvalue weighted by Gasteiger charge is -2.21. The molecular formula is C20H42O6. The van der Waals surface area contributed by atoms with Crippen LogP contribution in [0.2, 0.25) is 0 Å². The fourth-order valence-electron chi connectivity index (χ4n) is 1.96. The van der Waals surface area contributed by atoms with Gasteiger partial charge in [-0.1, -0.05) is 13.3 Å². The quantitative estimate of drug-likeness (QED) is 0.341. The fraction of sp³-hybridized carbons (Fsp3) is 1.00. The van der Waals surface area contributed by atoms with Crippen LogP contribution in [-0.2, 0) is 28.4 Å². The molecule has 6 nitrogen and oxygen atoms in total. The van der Waals surface area contributed by atoms with E-state index in [2.05, 4.69) is 6.92 Å². The number of unbranched alkanes of at least 4 members (excludes halogenated alkanes) is 1. The van der Waals surface area contributed by atoms with E-state index in [0.29, 0.717) is 33.0 Å². The number of rotatable bonds is 18. The van der Waals surface area contributed by atoms with Crippen molar-refractivity contribution in [2.75, 3.05) is 46.8 Å². The van der Waals surface area contributed by atoms with Gasteiger partial charge in [-0.25, -0.2) is 0 Å². The van der Waals surface area contributed by atoms with Gasteiger partial charge in [0.05, 0.1) is 63.6 Å². The largest absolute Gasteiger partial charge is 0.379 e. The number of hydrogen-bond donors (Lipinski definition) is 0. The highest BCUT2D eigenvalue weighted by Crippen LogP contribution is 2.03. The van der Waals surface area contributed by atoms with Gasteiger partial charge in [0.2, 0.25) is 0 Å². The lowest BCUT2D eigenvalue weighted by Crippen LogP contribution is -2.29. The molecule has 0 amide bonds. The fourth-order valence-corrected chi connectivity index (χ4v) is 1.96. The molecular weight excluding hydrogens is 336 g/mol. The molecule has 0 aliphatic carbocycles. The van der Waals surface area contributed by atoms with E-state index in [-0.39, 0.29) is 30.5 Å². The van der Waals surface area contributed by atoms with Gasteiger partial charge in [-0.2, -0.15) is 0 Å². The first-order chi connectivity index (χ1) is 12.4. The molecule has 5 atom stereocenters. The molecule has 0 rings (SSSR count). The molecule has 0 aliphatic rings. The summed E-state index contributed by atoms with van der Waals surface area (Å²) in [4.78, 5) is 0. The summed E-state index contributed by atoms with van der Waals surface area (Å²) in [6.45, 7) is 15.8. The highest BCUT2D eigenvalue weighted by molar-refractivity contribution is 4.57. The van der Waals surface area contributed by atoms with E-state index < -0.39 is 0 Å². The van der Waals surface area contributed by atoms with Crippen LogP contribution in [0.25, 0.3) is 0 Å². The van der Waals surface area contributed by atoms with Gasteiger partial charge in [0, 0.05) is 13.7 Å². The second-order valence-corrected chi connectivity index (χ2v) is 7.05. The van der Waals surface area contributed by atoms with Crippen molar-refractivity contribution in [3.63, 3.8) is 0 Å². The van der Waals surface area contributed by atoms with E-state index in [1.165, 1.54) is 0 Å². The zero-order chi connectivity index (χ0) is 19.8. The third kappa shape index (κ3) is 16.0. The number of ether oxygens (including phenoxy) is 6. The third-order valence-corrected chi connectivity index (χ3v) is 3.86. The van der Waals surface area contributed by atoms with Gasteiger partial charge >= 0.3 is 0 Å². The van der Waals surface area contributed by atoms with E-state index in [9.17, 15) is 0 Å². The minimum atomic E-state index is 0.0122. The summed E-state index contributed by atoms with van der Waals surface area (Å²) in [5.41, 5.74) is 0. The van der Waals surface area contributed by atoms with Crippen molar-refractivity contribution >= 4 is 0 Å². The standard InChI is InChI=1S/C20H42O6/c1-8-9-10-22-11-17(3)24-13-19(5)26-15-20(6)25-14-18(4)23-12-16(2)21-7/h16-20H,8-15H2,1-7H3. The molecule has 0 radical (unpaired) electrons. The first kappa shape index (κ1) is 25.8. The molecule has 0 saturated heterocycles. The van der Waals surface area contributed by atoms with Crippen molar-refractivity contribution in [1.29, 1.82) is 0 Å². The zero-order valence-electron chi connectivity index (χ0n) is 18.0. The molecule has 0 spiro atoms. The molecule has 0 aliphatic heterocycles. The van der Waals surface area contributed by atoms with Gasteiger partial charge in [-0.3, -0.25) is 0 Å². The number of methoxy groups -OCH3 is 1. The maximum absolute atomic E-state index is 5.79. The average Bonchev–Trinajstić information content (AvgIpc) is 2.64. The molecule has 0 aromatic rings. The SMILES string of the molecule is CCCCOCC(C)OCC(C)OCC(C)OCC(C)OCC(C)OC. The Morgan fingerprint density at radius 2 is 0.962 bits per heavy atom. The molecule has 0 aromatic carbocycles. The minimum absolute atomic E-state index is 0.0122. The van der Waals surface area contributed by atoms with Gasteiger partial charge in [-0.05, 0) is 41.0 Å². The van der Waals surface area contributed by atoms with Crippen LogP contribution in [0, 0.1) is 0 Å². The van der Waals surface area contributed by atoms with E-state index in [1.807, 2.05) is 34.6 Å². The third-order valence-electron chi connectivity index (χ3n) is 3.86. The maximum atomic E-state index is 5.79. The van der Waals surface area contributed by atoms with Crippen LogP contribution in [0.5, 0.6) is 0 Å². The van der Waals surface area contributed by atoms with Crippen molar-refractivity contribution in [3.05, 3.63) is 0 Å². The predicted octanol–water partition coefficient (Wildman–Crippen LogP) is 3.46. The summed E-state index contributed by atoms with van der Waals surface area (Å²) in [6, 6.07) is 0. The molecule has 0 heterocycles. The number of hydrogen-bond acceptors (Lipinski definition) is 6. The Balaban J connectivity index is 3.66. The van der Waals surface area contributed by atoms with Crippen LogP contribution in [-0.4, -0.2) is 77.3 Å². The second-order valence-electron chi connectivity index (χ2n) is 7.05. The molecule has 0 aromatic heterocycles. The molecule has 0 bridgehead atoms. The van der Waals surface area contributed by atoms with Gasteiger partial charge in [0.15, 0.2) is 0 Å².